The molecule has 0 spiro atoms. The van der Waals surface area contributed by atoms with Crippen LogP contribution in [0, 0.1) is 5.82 Å². The minimum absolute atomic E-state index is 0.0656. The van der Waals surface area contributed by atoms with Crippen molar-refractivity contribution in [2.75, 3.05) is 77.0 Å². The number of nitrogens with one attached hydrogen (secondary N) is 1. The molecule has 11 nitrogen and oxygen atoms in total. The van der Waals surface area contributed by atoms with E-state index in [4.69, 9.17) is 9.15 Å². The number of piperazine rings is 1. The molecule has 14 heteroatoms. The second-order valence-electron chi connectivity index (χ2n) is 10.3. The van der Waals surface area contributed by atoms with Crippen LogP contribution in [0.1, 0.15) is 17.9 Å². The van der Waals surface area contributed by atoms with E-state index in [1.807, 2.05) is 11.0 Å². The van der Waals surface area contributed by atoms with Crippen molar-refractivity contribution < 1.29 is 31.9 Å². The number of para-hydroxylation sites is 1. The minimum Gasteiger partial charge on any atom is -0.415 e. The van der Waals surface area contributed by atoms with Gasteiger partial charge >= 0.3 is 12.5 Å². The highest BCUT2D eigenvalue weighted by Gasteiger charge is 2.24. The van der Waals surface area contributed by atoms with Crippen molar-refractivity contribution in [3.8, 4) is 11.5 Å². The lowest BCUT2D eigenvalue weighted by Gasteiger charge is -2.36. The lowest BCUT2D eigenvalue weighted by Crippen LogP contribution is -2.52. The average Bonchev–Trinajstić information content (AvgIpc) is 3.53. The van der Waals surface area contributed by atoms with Gasteiger partial charge in [-0.05, 0) is 24.3 Å². The smallest absolute Gasteiger partial charge is 0.322 e. The van der Waals surface area contributed by atoms with Gasteiger partial charge in [0.15, 0.2) is 0 Å². The second-order valence-corrected chi connectivity index (χ2v) is 10.3. The summed E-state index contributed by atoms with van der Waals surface area (Å²) in [4.78, 5) is 33.5. The molecule has 2 aromatic carbocycles. The summed E-state index contributed by atoms with van der Waals surface area (Å²) in [5.74, 6) is -1.57. The van der Waals surface area contributed by atoms with Crippen LogP contribution in [0.2, 0.25) is 0 Å². The summed E-state index contributed by atoms with van der Waals surface area (Å²) in [7, 11) is 0. The summed E-state index contributed by atoms with van der Waals surface area (Å²) in [6.07, 6.45) is -2.93. The number of carbonyl (C=O) groups is 2. The van der Waals surface area contributed by atoms with E-state index in [0.717, 1.165) is 32.2 Å². The maximum Gasteiger partial charge on any atom is 0.322 e. The van der Waals surface area contributed by atoms with E-state index < -0.39 is 18.1 Å². The Labute approximate surface area is 247 Å². The Morgan fingerprint density at radius 1 is 0.953 bits per heavy atom. The fourth-order valence-electron chi connectivity index (χ4n) is 5.00. The van der Waals surface area contributed by atoms with E-state index in [0.29, 0.717) is 51.6 Å². The van der Waals surface area contributed by atoms with Gasteiger partial charge in [0.1, 0.15) is 5.82 Å². The number of urea groups is 1. The maximum atomic E-state index is 15.1. The van der Waals surface area contributed by atoms with Crippen LogP contribution in [0.5, 0.6) is 0 Å². The number of hydrogen-bond acceptors (Lipinski definition) is 8. The molecule has 2 aliphatic rings. The van der Waals surface area contributed by atoms with Gasteiger partial charge in [0.05, 0.1) is 26.3 Å². The van der Waals surface area contributed by atoms with Gasteiger partial charge in [0.25, 0.3) is 5.89 Å². The standard InChI is InChI=1S/C29H34F3N7O4/c30-24-18-21(27-34-35-28(43-27)26(31)32)6-7-22(24)19-39(23-4-2-1-3-5-23)29(41)33-8-9-36-10-12-37(13-11-36)20-25(40)38-14-16-42-17-15-38/h1-7,18,26H,8-17,19-20H2,(H,33,41). The van der Waals surface area contributed by atoms with Crippen LogP contribution < -0.4 is 10.2 Å². The van der Waals surface area contributed by atoms with Crippen LogP contribution in [0.3, 0.4) is 0 Å². The predicted molar refractivity (Wildman–Crippen MR) is 151 cm³/mol. The molecule has 3 aromatic rings. The van der Waals surface area contributed by atoms with E-state index >= 15 is 4.39 Å². The molecule has 43 heavy (non-hydrogen) atoms. The molecule has 2 aliphatic heterocycles. The zero-order valence-electron chi connectivity index (χ0n) is 23.6. The van der Waals surface area contributed by atoms with Crippen LogP contribution in [0.15, 0.2) is 52.9 Å². The van der Waals surface area contributed by atoms with E-state index in [1.54, 1.807) is 24.3 Å². The number of ether oxygens (including phenoxy) is 1. The molecule has 0 saturated carbocycles. The molecule has 3 heterocycles. The van der Waals surface area contributed by atoms with Gasteiger partial charge < -0.3 is 19.4 Å². The molecule has 0 atom stereocenters. The molecule has 1 aromatic heterocycles. The third-order valence-electron chi connectivity index (χ3n) is 7.46. The summed E-state index contributed by atoms with van der Waals surface area (Å²) in [5, 5.41) is 9.77. The molecule has 0 aliphatic carbocycles. The molecular formula is C29H34F3N7O4. The number of benzene rings is 2. The number of carbonyl (C=O) groups excluding carboxylic acids is 2. The highest BCUT2D eigenvalue weighted by Crippen LogP contribution is 2.26. The Balaban J connectivity index is 1.13. The molecule has 0 unspecified atom stereocenters. The van der Waals surface area contributed by atoms with Crippen molar-refractivity contribution >= 4 is 17.6 Å². The zero-order valence-corrected chi connectivity index (χ0v) is 23.6. The third kappa shape index (κ3) is 8.09. The van der Waals surface area contributed by atoms with Crippen molar-refractivity contribution in [1.29, 1.82) is 0 Å². The van der Waals surface area contributed by atoms with Crippen LogP contribution in [0.25, 0.3) is 11.5 Å². The highest BCUT2D eigenvalue weighted by molar-refractivity contribution is 5.91. The van der Waals surface area contributed by atoms with Gasteiger partial charge in [-0.15, -0.1) is 10.2 Å². The Hall–Kier alpha value is -4.01. The number of nitrogens with zero attached hydrogens (tertiary/aromatic N) is 6. The van der Waals surface area contributed by atoms with Crippen molar-refractivity contribution in [3.63, 3.8) is 0 Å². The van der Waals surface area contributed by atoms with Gasteiger partial charge in [-0.1, -0.05) is 24.3 Å². The second kappa shape index (κ2) is 14.4. The SMILES string of the molecule is O=C(CN1CCN(CCNC(=O)N(Cc2ccc(-c3nnc(C(F)F)o3)cc2F)c2ccccc2)CC1)N1CCOCC1. The number of alkyl halides is 2. The van der Waals surface area contributed by atoms with Crippen molar-refractivity contribution in [3.05, 3.63) is 65.8 Å². The third-order valence-corrected chi connectivity index (χ3v) is 7.46. The van der Waals surface area contributed by atoms with Gasteiger partial charge in [-0.25, -0.2) is 9.18 Å². The van der Waals surface area contributed by atoms with E-state index in [9.17, 15) is 18.4 Å². The summed E-state index contributed by atoms with van der Waals surface area (Å²) >= 11 is 0. The summed E-state index contributed by atoms with van der Waals surface area (Å²) < 4.78 is 50.9. The van der Waals surface area contributed by atoms with Gasteiger partial charge in [-0.2, -0.15) is 8.78 Å². The lowest BCUT2D eigenvalue weighted by molar-refractivity contribution is -0.136. The number of amides is 3. The number of anilines is 1. The molecule has 0 bridgehead atoms. The molecule has 230 valence electrons. The number of halogens is 3. The number of hydrogen-bond donors (Lipinski definition) is 1. The van der Waals surface area contributed by atoms with E-state index in [2.05, 4.69) is 25.3 Å². The number of morpholine rings is 1. The predicted octanol–water partition coefficient (Wildman–Crippen LogP) is 3.01. The van der Waals surface area contributed by atoms with Crippen LogP contribution in [-0.4, -0.2) is 109 Å². The number of aromatic nitrogens is 2. The Morgan fingerprint density at radius 2 is 1.67 bits per heavy atom. The molecule has 2 saturated heterocycles. The lowest BCUT2D eigenvalue weighted by atomic mass is 10.1. The quantitative estimate of drug-likeness (QED) is 0.378. The van der Waals surface area contributed by atoms with Crippen LogP contribution >= 0.6 is 0 Å². The summed E-state index contributed by atoms with van der Waals surface area (Å²) in [6, 6.07) is 12.6. The molecule has 5 rings (SSSR count). The first kappa shape index (κ1) is 30.4. The van der Waals surface area contributed by atoms with Gasteiger partial charge in [-0.3, -0.25) is 19.5 Å². The molecule has 0 radical (unpaired) electrons. The highest BCUT2D eigenvalue weighted by atomic mass is 19.3. The summed E-state index contributed by atoms with van der Waals surface area (Å²) in [5.41, 5.74) is 0.960. The number of rotatable bonds is 10. The largest absolute Gasteiger partial charge is 0.415 e. The minimum atomic E-state index is -2.93. The van der Waals surface area contributed by atoms with Gasteiger partial charge in [0.2, 0.25) is 11.8 Å². The topological polar surface area (TPSA) is 107 Å². The molecule has 2 fully saturated rings. The Kier molecular flexibility index (Phi) is 10.2. The van der Waals surface area contributed by atoms with E-state index in [1.165, 1.54) is 17.0 Å². The normalized spacial score (nSPS) is 16.4. The first-order valence-electron chi connectivity index (χ1n) is 14.2. The first-order valence-corrected chi connectivity index (χ1v) is 14.2. The maximum absolute atomic E-state index is 15.1. The first-order chi connectivity index (χ1) is 20.9. The Bertz CT molecular complexity index is 1360. The fourth-order valence-corrected chi connectivity index (χ4v) is 5.00. The van der Waals surface area contributed by atoms with E-state index in [-0.39, 0.29) is 35.5 Å². The molecule has 3 amide bonds. The van der Waals surface area contributed by atoms with Gasteiger partial charge in [0, 0.05) is 69.2 Å². The van der Waals surface area contributed by atoms with Crippen LogP contribution in [-0.2, 0) is 16.1 Å². The fraction of sp³-hybridized carbons (Fsp3) is 0.448. The average molecular weight is 602 g/mol. The molecular weight excluding hydrogens is 567 g/mol. The van der Waals surface area contributed by atoms with Crippen molar-refractivity contribution in [1.82, 2.24) is 30.2 Å². The zero-order chi connectivity index (χ0) is 30.2. The monoisotopic (exact) mass is 601 g/mol. The van der Waals surface area contributed by atoms with Crippen molar-refractivity contribution in [2.45, 2.75) is 13.0 Å². The van der Waals surface area contributed by atoms with Crippen molar-refractivity contribution in [2.24, 2.45) is 0 Å². The van der Waals surface area contributed by atoms with Crippen LogP contribution in [0.4, 0.5) is 23.7 Å². The molecule has 1 N–H and O–H groups in total. The summed E-state index contributed by atoms with van der Waals surface area (Å²) in [6.45, 7) is 6.91. The Morgan fingerprint density at radius 3 is 2.35 bits per heavy atom.